The van der Waals surface area contributed by atoms with E-state index in [1.54, 1.807) is 6.33 Å². The van der Waals surface area contributed by atoms with Crippen LogP contribution in [0.4, 0.5) is 0 Å². The fourth-order valence-electron chi connectivity index (χ4n) is 3.53. The standard InChI is InChI=1S/C19H23N6/c1-12-7-6-8-13(2)15(12)17-16-14(20-11-21-17)9-24-18(16)25(23-22-24)10-19(3,4)5/h6-8,11H,9-10H2,1-5H3/q+1. The van der Waals surface area contributed by atoms with Crippen molar-refractivity contribution in [2.24, 2.45) is 5.41 Å². The predicted molar refractivity (Wildman–Crippen MR) is 94.7 cm³/mol. The predicted octanol–water partition coefficient (Wildman–Crippen LogP) is 2.71. The van der Waals surface area contributed by atoms with Crippen LogP contribution in [-0.2, 0) is 13.1 Å². The molecule has 0 saturated carbocycles. The third-order valence-corrected chi connectivity index (χ3v) is 4.54. The topological polar surface area (TPSA) is 60.4 Å². The van der Waals surface area contributed by atoms with Crippen LogP contribution in [0.5, 0.6) is 0 Å². The van der Waals surface area contributed by atoms with Gasteiger partial charge >= 0.3 is 0 Å². The molecule has 0 N–H and O–H groups in total. The van der Waals surface area contributed by atoms with E-state index in [4.69, 9.17) is 0 Å². The molecule has 1 aliphatic rings. The molecular weight excluding hydrogens is 312 g/mol. The van der Waals surface area contributed by atoms with Crippen molar-refractivity contribution in [3.63, 3.8) is 0 Å². The van der Waals surface area contributed by atoms with Crippen molar-refractivity contribution in [2.75, 3.05) is 0 Å². The van der Waals surface area contributed by atoms with Gasteiger partial charge in [0.1, 0.15) is 30.2 Å². The number of aromatic nitrogens is 6. The number of rotatable bonds is 2. The summed E-state index contributed by atoms with van der Waals surface area (Å²) in [6, 6.07) is 6.34. The van der Waals surface area contributed by atoms with Gasteiger partial charge in [-0.3, -0.25) is 0 Å². The molecule has 0 radical (unpaired) electrons. The van der Waals surface area contributed by atoms with Crippen LogP contribution in [0.2, 0.25) is 0 Å². The van der Waals surface area contributed by atoms with Gasteiger partial charge in [0.15, 0.2) is 5.21 Å². The smallest absolute Gasteiger partial charge is 0.237 e. The van der Waals surface area contributed by atoms with Gasteiger partial charge in [-0.05, 0) is 30.4 Å². The van der Waals surface area contributed by atoms with Crippen molar-refractivity contribution in [3.8, 4) is 22.6 Å². The number of fused-ring (bicyclic) bond motifs is 3. The third kappa shape index (κ3) is 2.62. The molecule has 2 aromatic heterocycles. The normalized spacial score (nSPS) is 13.0. The quantitative estimate of drug-likeness (QED) is 0.529. The summed E-state index contributed by atoms with van der Waals surface area (Å²) in [6.45, 7) is 12.3. The van der Waals surface area contributed by atoms with Crippen LogP contribution in [0.1, 0.15) is 37.6 Å². The molecule has 0 bridgehead atoms. The molecule has 0 fully saturated rings. The molecule has 0 unspecified atom stereocenters. The fourth-order valence-corrected chi connectivity index (χ4v) is 3.53. The van der Waals surface area contributed by atoms with E-state index in [2.05, 4.69) is 73.2 Å². The van der Waals surface area contributed by atoms with Crippen LogP contribution in [-0.4, -0.2) is 25.1 Å². The van der Waals surface area contributed by atoms with Crippen molar-refractivity contribution in [2.45, 2.75) is 47.7 Å². The van der Waals surface area contributed by atoms with E-state index in [1.807, 2.05) is 9.36 Å². The Morgan fingerprint density at radius 1 is 1.08 bits per heavy atom. The Kier molecular flexibility index (Phi) is 3.45. The molecule has 0 saturated heterocycles. The van der Waals surface area contributed by atoms with Crippen molar-refractivity contribution < 1.29 is 4.68 Å². The molecule has 6 heteroatoms. The average molecular weight is 335 g/mol. The molecule has 3 heterocycles. The summed E-state index contributed by atoms with van der Waals surface area (Å²) in [5, 5.41) is 8.71. The number of hydrogen-bond acceptors (Lipinski definition) is 4. The van der Waals surface area contributed by atoms with Crippen LogP contribution in [0, 0.1) is 19.3 Å². The molecule has 1 aromatic carbocycles. The highest BCUT2D eigenvalue weighted by atomic mass is 15.6. The zero-order valence-corrected chi connectivity index (χ0v) is 15.4. The summed E-state index contributed by atoms with van der Waals surface area (Å²) in [6.07, 6.45) is 1.66. The Morgan fingerprint density at radius 2 is 1.80 bits per heavy atom. The van der Waals surface area contributed by atoms with E-state index in [1.165, 1.54) is 16.7 Å². The summed E-state index contributed by atoms with van der Waals surface area (Å²) < 4.78 is 3.93. The van der Waals surface area contributed by atoms with Gasteiger partial charge in [-0.25, -0.2) is 9.97 Å². The maximum atomic E-state index is 4.66. The summed E-state index contributed by atoms with van der Waals surface area (Å²) in [5.74, 6) is 1.00. The average Bonchev–Trinajstić information content (AvgIpc) is 3.06. The number of aryl methyl sites for hydroxylation is 2. The van der Waals surface area contributed by atoms with E-state index in [0.717, 1.165) is 29.3 Å². The molecule has 128 valence electrons. The van der Waals surface area contributed by atoms with Gasteiger partial charge in [0.05, 0.1) is 11.4 Å². The molecular formula is C19H23N6+. The van der Waals surface area contributed by atoms with Gasteiger partial charge in [0.25, 0.3) is 5.82 Å². The lowest BCUT2D eigenvalue weighted by Crippen LogP contribution is -2.35. The molecule has 6 nitrogen and oxygen atoms in total. The maximum Gasteiger partial charge on any atom is 0.293 e. The molecule has 1 aliphatic heterocycles. The van der Waals surface area contributed by atoms with Gasteiger partial charge in [-0.1, -0.05) is 43.7 Å². The van der Waals surface area contributed by atoms with Crippen LogP contribution in [0.25, 0.3) is 22.6 Å². The minimum Gasteiger partial charge on any atom is -0.237 e. The number of tetrazole rings is 1. The molecule has 3 aromatic rings. The Balaban J connectivity index is 1.96. The third-order valence-electron chi connectivity index (χ3n) is 4.54. The second-order valence-corrected chi connectivity index (χ2v) is 7.99. The van der Waals surface area contributed by atoms with Crippen molar-refractivity contribution >= 4 is 0 Å². The highest BCUT2D eigenvalue weighted by molar-refractivity contribution is 5.82. The largest absolute Gasteiger partial charge is 0.293 e. The second kappa shape index (κ2) is 5.44. The van der Waals surface area contributed by atoms with Crippen molar-refractivity contribution in [1.82, 2.24) is 25.1 Å². The fraction of sp³-hybridized carbons (Fsp3) is 0.421. The molecule has 4 rings (SSSR count). The summed E-state index contributed by atoms with van der Waals surface area (Å²) in [7, 11) is 0. The molecule has 0 spiro atoms. The highest BCUT2D eigenvalue weighted by Gasteiger charge is 2.37. The van der Waals surface area contributed by atoms with E-state index >= 15 is 0 Å². The van der Waals surface area contributed by atoms with Crippen LogP contribution >= 0.6 is 0 Å². The lowest BCUT2D eigenvalue weighted by atomic mass is 9.95. The van der Waals surface area contributed by atoms with Gasteiger partial charge in [-0.15, -0.1) is 4.68 Å². The molecule has 0 atom stereocenters. The highest BCUT2D eigenvalue weighted by Crippen LogP contribution is 2.36. The lowest BCUT2D eigenvalue weighted by Gasteiger charge is -2.15. The maximum absolute atomic E-state index is 4.66. The Labute approximate surface area is 147 Å². The lowest BCUT2D eigenvalue weighted by molar-refractivity contribution is -0.732. The van der Waals surface area contributed by atoms with E-state index in [-0.39, 0.29) is 5.41 Å². The van der Waals surface area contributed by atoms with Gasteiger partial charge in [0.2, 0.25) is 0 Å². The van der Waals surface area contributed by atoms with Gasteiger partial charge in [0, 0.05) is 5.56 Å². The second-order valence-electron chi connectivity index (χ2n) is 7.99. The Bertz CT molecular complexity index is 944. The van der Waals surface area contributed by atoms with E-state index in [9.17, 15) is 0 Å². The Hall–Kier alpha value is -2.63. The summed E-state index contributed by atoms with van der Waals surface area (Å²) >= 11 is 0. The SMILES string of the molecule is Cc1cccc(C)c1-c1ncnc2c1-c1n(CC(C)(C)C)nn[n+]1C2. The first-order chi connectivity index (χ1) is 11.8. The minimum atomic E-state index is 0.110. The molecule has 0 amide bonds. The number of hydrogen-bond donors (Lipinski definition) is 0. The van der Waals surface area contributed by atoms with Crippen molar-refractivity contribution in [3.05, 3.63) is 41.3 Å². The first-order valence-corrected chi connectivity index (χ1v) is 8.59. The molecule has 25 heavy (non-hydrogen) atoms. The minimum absolute atomic E-state index is 0.110. The zero-order chi connectivity index (χ0) is 17.8. The number of nitrogens with zero attached hydrogens (tertiary/aromatic N) is 6. The van der Waals surface area contributed by atoms with Crippen LogP contribution in [0.15, 0.2) is 24.5 Å². The molecule has 0 aliphatic carbocycles. The monoisotopic (exact) mass is 335 g/mol. The van der Waals surface area contributed by atoms with Crippen molar-refractivity contribution in [1.29, 1.82) is 0 Å². The van der Waals surface area contributed by atoms with E-state index < -0.39 is 0 Å². The van der Waals surface area contributed by atoms with Crippen LogP contribution in [0.3, 0.4) is 0 Å². The zero-order valence-electron chi connectivity index (χ0n) is 15.4. The van der Waals surface area contributed by atoms with Gasteiger partial charge in [-0.2, -0.15) is 0 Å². The number of benzene rings is 1. The van der Waals surface area contributed by atoms with E-state index in [0.29, 0.717) is 6.54 Å². The summed E-state index contributed by atoms with van der Waals surface area (Å²) in [4.78, 5) is 9.18. The summed E-state index contributed by atoms with van der Waals surface area (Å²) in [5.41, 5.74) is 6.78. The Morgan fingerprint density at radius 3 is 2.48 bits per heavy atom. The van der Waals surface area contributed by atoms with Gasteiger partial charge < -0.3 is 0 Å². The van der Waals surface area contributed by atoms with Crippen LogP contribution < -0.4 is 4.68 Å². The first-order valence-electron chi connectivity index (χ1n) is 8.59. The first kappa shape index (κ1) is 15.9.